The molecular formula is C13H21BrFNO2Si. The Bertz CT molecular complexity index is 435. The third-order valence-corrected chi connectivity index (χ3v) is 8.34. The molecule has 0 atom stereocenters. The average Bonchev–Trinajstić information content (AvgIpc) is 2.25. The third kappa shape index (κ3) is 4.85. The van der Waals surface area contributed by atoms with Gasteiger partial charge in [0.15, 0.2) is 14.1 Å². The molecule has 3 nitrogen and oxygen atoms in total. The van der Waals surface area contributed by atoms with E-state index in [1.165, 1.54) is 12.3 Å². The number of ether oxygens (including phenoxy) is 1. The summed E-state index contributed by atoms with van der Waals surface area (Å²) < 4.78 is 25.3. The molecule has 1 rings (SSSR count). The molecule has 0 amide bonds. The second-order valence-corrected chi connectivity index (χ2v) is 11.6. The van der Waals surface area contributed by atoms with Gasteiger partial charge in [-0.1, -0.05) is 20.8 Å². The van der Waals surface area contributed by atoms with Gasteiger partial charge in [-0.25, -0.2) is 9.37 Å². The number of hydrogen-bond acceptors (Lipinski definition) is 3. The molecule has 1 heterocycles. The zero-order valence-corrected chi connectivity index (χ0v) is 14.7. The van der Waals surface area contributed by atoms with E-state index in [0.717, 1.165) is 0 Å². The van der Waals surface area contributed by atoms with Crippen LogP contribution < -0.4 is 4.74 Å². The standard InChI is InChI=1S/C13H21BrFNO2Si/c1-13(2,3)19(4,5)18-7-6-17-12-11(15)8-10(14)9-16-12/h8-9H,6-7H2,1-5H3. The lowest BCUT2D eigenvalue weighted by molar-refractivity contribution is 0.193. The van der Waals surface area contributed by atoms with Crippen molar-refractivity contribution in [1.82, 2.24) is 4.98 Å². The number of pyridine rings is 1. The van der Waals surface area contributed by atoms with E-state index in [4.69, 9.17) is 9.16 Å². The maximum absolute atomic E-state index is 13.5. The monoisotopic (exact) mass is 349 g/mol. The maximum atomic E-state index is 13.5. The summed E-state index contributed by atoms with van der Waals surface area (Å²) in [6.07, 6.45) is 1.51. The molecule has 6 heteroatoms. The summed E-state index contributed by atoms with van der Waals surface area (Å²) in [5.74, 6) is -0.455. The quantitative estimate of drug-likeness (QED) is 0.583. The summed E-state index contributed by atoms with van der Waals surface area (Å²) >= 11 is 3.15. The Morgan fingerprint density at radius 1 is 1.32 bits per heavy atom. The fourth-order valence-corrected chi connectivity index (χ4v) is 2.49. The molecule has 0 N–H and O–H groups in total. The van der Waals surface area contributed by atoms with E-state index in [0.29, 0.717) is 17.7 Å². The first-order valence-electron chi connectivity index (χ1n) is 6.21. The summed E-state index contributed by atoms with van der Waals surface area (Å²) in [5.41, 5.74) is 0. The molecule has 0 spiro atoms. The van der Waals surface area contributed by atoms with Crippen molar-refractivity contribution in [1.29, 1.82) is 0 Å². The minimum atomic E-state index is -1.77. The van der Waals surface area contributed by atoms with E-state index >= 15 is 0 Å². The lowest BCUT2D eigenvalue weighted by atomic mass is 10.2. The smallest absolute Gasteiger partial charge is 0.250 e. The summed E-state index contributed by atoms with van der Waals surface area (Å²) in [6.45, 7) is 11.6. The molecule has 0 aromatic carbocycles. The van der Waals surface area contributed by atoms with Gasteiger partial charge in [0.1, 0.15) is 6.61 Å². The zero-order valence-electron chi connectivity index (χ0n) is 12.1. The Hall–Kier alpha value is -0.463. The van der Waals surface area contributed by atoms with E-state index in [1.807, 2.05) is 0 Å². The second-order valence-electron chi connectivity index (χ2n) is 5.90. The molecular weight excluding hydrogens is 329 g/mol. The number of halogens is 2. The van der Waals surface area contributed by atoms with Gasteiger partial charge in [-0.05, 0) is 40.1 Å². The van der Waals surface area contributed by atoms with Crippen LogP contribution in [0.2, 0.25) is 18.1 Å². The van der Waals surface area contributed by atoms with Crippen LogP contribution in [0.3, 0.4) is 0 Å². The highest BCUT2D eigenvalue weighted by Crippen LogP contribution is 2.36. The minimum Gasteiger partial charge on any atom is -0.473 e. The molecule has 1 aromatic heterocycles. The molecule has 0 saturated heterocycles. The average molecular weight is 350 g/mol. The van der Waals surface area contributed by atoms with Crippen molar-refractivity contribution < 1.29 is 13.6 Å². The van der Waals surface area contributed by atoms with Crippen LogP contribution in [0.5, 0.6) is 5.88 Å². The van der Waals surface area contributed by atoms with E-state index in [-0.39, 0.29) is 10.9 Å². The highest BCUT2D eigenvalue weighted by Gasteiger charge is 2.36. The highest BCUT2D eigenvalue weighted by molar-refractivity contribution is 9.10. The Labute approximate surface area is 123 Å². The van der Waals surface area contributed by atoms with Gasteiger partial charge in [0.05, 0.1) is 6.61 Å². The van der Waals surface area contributed by atoms with Gasteiger partial charge in [-0.15, -0.1) is 0 Å². The van der Waals surface area contributed by atoms with E-state index in [1.54, 1.807) is 0 Å². The van der Waals surface area contributed by atoms with Crippen LogP contribution in [0.4, 0.5) is 4.39 Å². The molecule has 0 saturated carbocycles. The normalized spacial score (nSPS) is 12.6. The molecule has 0 radical (unpaired) electrons. The molecule has 0 aliphatic rings. The van der Waals surface area contributed by atoms with E-state index < -0.39 is 14.1 Å². The molecule has 1 aromatic rings. The number of nitrogens with zero attached hydrogens (tertiary/aromatic N) is 1. The van der Waals surface area contributed by atoms with Crippen LogP contribution in [0, 0.1) is 5.82 Å². The predicted octanol–water partition coefficient (Wildman–Crippen LogP) is 4.38. The van der Waals surface area contributed by atoms with Gasteiger partial charge in [0, 0.05) is 10.7 Å². The van der Waals surface area contributed by atoms with Crippen molar-refractivity contribution in [2.24, 2.45) is 0 Å². The highest BCUT2D eigenvalue weighted by atomic mass is 79.9. The van der Waals surface area contributed by atoms with Crippen LogP contribution in [-0.2, 0) is 4.43 Å². The second kappa shape index (κ2) is 6.32. The molecule has 0 aliphatic heterocycles. The largest absolute Gasteiger partial charge is 0.473 e. The lowest BCUT2D eigenvalue weighted by Gasteiger charge is -2.36. The summed E-state index contributed by atoms with van der Waals surface area (Å²) in [4.78, 5) is 3.87. The predicted molar refractivity (Wildman–Crippen MR) is 80.5 cm³/mol. The Kier molecular flexibility index (Phi) is 5.52. The molecule has 0 fully saturated rings. The van der Waals surface area contributed by atoms with E-state index in [9.17, 15) is 4.39 Å². The summed E-state index contributed by atoms with van der Waals surface area (Å²) in [7, 11) is -1.77. The van der Waals surface area contributed by atoms with Crippen LogP contribution in [0.15, 0.2) is 16.7 Å². The van der Waals surface area contributed by atoms with Gasteiger partial charge in [-0.3, -0.25) is 0 Å². The van der Waals surface area contributed by atoms with Crippen molar-refractivity contribution in [2.45, 2.75) is 38.9 Å². The van der Waals surface area contributed by atoms with Gasteiger partial charge in [0.25, 0.3) is 5.88 Å². The fourth-order valence-electron chi connectivity index (χ4n) is 1.16. The summed E-state index contributed by atoms with van der Waals surface area (Å²) in [5, 5.41) is 0.161. The minimum absolute atomic E-state index is 0.0158. The zero-order chi connectivity index (χ0) is 14.7. The Balaban J connectivity index is 2.43. The van der Waals surface area contributed by atoms with Gasteiger partial charge in [0.2, 0.25) is 0 Å². The van der Waals surface area contributed by atoms with Crippen LogP contribution >= 0.6 is 15.9 Å². The maximum Gasteiger partial charge on any atom is 0.250 e. The van der Waals surface area contributed by atoms with Gasteiger partial charge in [-0.2, -0.15) is 0 Å². The first kappa shape index (κ1) is 16.6. The van der Waals surface area contributed by atoms with Gasteiger partial charge >= 0.3 is 0 Å². The SMILES string of the molecule is CC(C)(C)[Si](C)(C)OCCOc1ncc(Br)cc1F. The first-order chi connectivity index (χ1) is 8.63. The van der Waals surface area contributed by atoms with Crippen LogP contribution in [0.25, 0.3) is 0 Å². The van der Waals surface area contributed by atoms with Crippen LogP contribution in [-0.4, -0.2) is 26.5 Å². The topological polar surface area (TPSA) is 31.4 Å². The molecule has 108 valence electrons. The van der Waals surface area contributed by atoms with Crippen molar-refractivity contribution in [3.05, 3.63) is 22.6 Å². The number of hydrogen-bond donors (Lipinski definition) is 0. The number of aromatic nitrogens is 1. The Morgan fingerprint density at radius 2 is 1.95 bits per heavy atom. The Morgan fingerprint density at radius 3 is 2.47 bits per heavy atom. The van der Waals surface area contributed by atoms with Crippen molar-refractivity contribution in [3.8, 4) is 5.88 Å². The molecule has 0 bridgehead atoms. The van der Waals surface area contributed by atoms with Crippen LogP contribution in [0.1, 0.15) is 20.8 Å². The van der Waals surface area contributed by atoms with E-state index in [2.05, 4.69) is 54.8 Å². The number of rotatable bonds is 5. The van der Waals surface area contributed by atoms with Crippen molar-refractivity contribution in [3.63, 3.8) is 0 Å². The molecule has 19 heavy (non-hydrogen) atoms. The first-order valence-corrected chi connectivity index (χ1v) is 9.91. The fraction of sp³-hybridized carbons (Fsp3) is 0.615. The lowest BCUT2D eigenvalue weighted by Crippen LogP contribution is -2.41. The van der Waals surface area contributed by atoms with Crippen molar-refractivity contribution >= 4 is 24.2 Å². The van der Waals surface area contributed by atoms with Crippen molar-refractivity contribution in [2.75, 3.05) is 13.2 Å². The summed E-state index contributed by atoms with van der Waals surface area (Å²) in [6, 6.07) is 1.33. The third-order valence-electron chi connectivity index (χ3n) is 3.37. The van der Waals surface area contributed by atoms with Gasteiger partial charge < -0.3 is 9.16 Å². The molecule has 0 aliphatic carbocycles. The molecule has 0 unspecified atom stereocenters.